The number of carbonyl (C=O) groups is 2. The average Bonchev–Trinajstić information content (AvgIpc) is 3.58. The Morgan fingerprint density at radius 2 is 1.85 bits per heavy atom. The first kappa shape index (κ1) is 24.2. The summed E-state index contributed by atoms with van der Waals surface area (Å²) in [6, 6.07) is 20.1. The number of ether oxygens (including phenoxy) is 1. The molecule has 1 aromatic heterocycles. The molecule has 196 valence electrons. The van der Waals surface area contributed by atoms with Gasteiger partial charge in [-0.2, -0.15) is 0 Å². The first-order valence-electron chi connectivity index (χ1n) is 12.8. The van der Waals surface area contributed by atoms with Crippen LogP contribution in [0.15, 0.2) is 75.9 Å². The van der Waals surface area contributed by atoms with Gasteiger partial charge in [-0.25, -0.2) is 4.79 Å². The number of fused-ring (bicyclic) bond motifs is 3. The lowest BCUT2D eigenvalue weighted by atomic mass is 9.68. The van der Waals surface area contributed by atoms with Crippen LogP contribution in [0.4, 0.5) is 0 Å². The Kier molecular flexibility index (Phi) is 5.31. The summed E-state index contributed by atoms with van der Waals surface area (Å²) in [5.74, 6) is -0.397. The van der Waals surface area contributed by atoms with E-state index in [1.807, 2.05) is 60.7 Å². The van der Waals surface area contributed by atoms with Gasteiger partial charge in [0.1, 0.15) is 28.4 Å². The van der Waals surface area contributed by atoms with Crippen LogP contribution in [0.1, 0.15) is 43.5 Å². The van der Waals surface area contributed by atoms with Gasteiger partial charge in [0.25, 0.3) is 0 Å². The number of rotatable bonds is 4. The predicted octanol–water partition coefficient (Wildman–Crippen LogP) is 4.88. The third-order valence-corrected chi connectivity index (χ3v) is 9.62. The summed E-state index contributed by atoms with van der Waals surface area (Å²) in [5.41, 5.74) is -0.416. The molecular weight excluding hydrogens is 514 g/mol. The molecule has 7 nitrogen and oxygen atoms in total. The average molecular weight is 540 g/mol. The Morgan fingerprint density at radius 3 is 2.56 bits per heavy atom. The lowest BCUT2D eigenvalue weighted by Crippen LogP contribution is -2.52. The fraction of sp³-hybridized carbons (Fsp3) is 0.258. The van der Waals surface area contributed by atoms with Gasteiger partial charge in [0.15, 0.2) is 11.6 Å². The second kappa shape index (κ2) is 8.56. The van der Waals surface area contributed by atoms with Crippen LogP contribution in [0.25, 0.3) is 10.8 Å². The van der Waals surface area contributed by atoms with E-state index in [-0.39, 0.29) is 17.6 Å². The van der Waals surface area contributed by atoms with Gasteiger partial charge in [-0.15, -0.1) is 11.8 Å². The Hall–Kier alpha value is -3.88. The zero-order valence-corrected chi connectivity index (χ0v) is 22.2. The molecule has 0 amide bonds. The predicted molar refractivity (Wildman–Crippen MR) is 148 cm³/mol. The lowest BCUT2D eigenvalue weighted by Gasteiger charge is -2.37. The Labute approximate surface area is 228 Å². The van der Waals surface area contributed by atoms with Crippen LogP contribution in [0.2, 0.25) is 0 Å². The molecular formula is C31H25NO6S. The van der Waals surface area contributed by atoms with Gasteiger partial charge in [0, 0.05) is 35.2 Å². The number of benzene rings is 3. The minimum Gasteiger partial charge on any atom is -0.507 e. The van der Waals surface area contributed by atoms with E-state index < -0.39 is 40.1 Å². The number of nitrogens with zero attached hydrogens (tertiary/aromatic N) is 1. The van der Waals surface area contributed by atoms with Gasteiger partial charge >= 0.3 is 5.63 Å². The van der Waals surface area contributed by atoms with Crippen molar-refractivity contribution in [2.75, 3.05) is 18.7 Å². The van der Waals surface area contributed by atoms with Crippen molar-refractivity contribution in [3.8, 4) is 11.5 Å². The van der Waals surface area contributed by atoms with Crippen molar-refractivity contribution in [3.63, 3.8) is 0 Å². The molecule has 4 atom stereocenters. The maximum absolute atomic E-state index is 14.7. The van der Waals surface area contributed by atoms with E-state index in [0.29, 0.717) is 17.2 Å². The summed E-state index contributed by atoms with van der Waals surface area (Å²) in [4.78, 5) is 44.6. The molecule has 0 radical (unpaired) electrons. The number of aromatic hydroxyl groups is 1. The summed E-state index contributed by atoms with van der Waals surface area (Å²) >= 11 is 1.73. The summed E-state index contributed by atoms with van der Waals surface area (Å²) in [7, 11) is 1.59. The number of Topliss-reactive ketones (excluding diaryl/α,β-unsaturated/α-hetero) is 2. The highest BCUT2D eigenvalue weighted by molar-refractivity contribution is 7.99. The van der Waals surface area contributed by atoms with Crippen LogP contribution in [0, 0.1) is 12.8 Å². The third-order valence-electron chi connectivity index (χ3n) is 8.59. The van der Waals surface area contributed by atoms with Crippen molar-refractivity contribution in [1.82, 2.24) is 4.90 Å². The van der Waals surface area contributed by atoms with Gasteiger partial charge in [-0.1, -0.05) is 48.5 Å². The highest BCUT2D eigenvalue weighted by atomic mass is 32.2. The Morgan fingerprint density at radius 1 is 1.10 bits per heavy atom. The molecule has 2 aliphatic heterocycles. The van der Waals surface area contributed by atoms with E-state index in [4.69, 9.17) is 9.15 Å². The van der Waals surface area contributed by atoms with Crippen molar-refractivity contribution < 1.29 is 23.8 Å². The highest BCUT2D eigenvalue weighted by Gasteiger charge is 2.69. The fourth-order valence-corrected chi connectivity index (χ4v) is 8.45. The summed E-state index contributed by atoms with van der Waals surface area (Å²) in [6.45, 7) is 1.54. The minimum absolute atomic E-state index is 0.146. The van der Waals surface area contributed by atoms with Crippen LogP contribution < -0.4 is 10.4 Å². The smallest absolute Gasteiger partial charge is 0.350 e. The third kappa shape index (κ3) is 3.13. The summed E-state index contributed by atoms with van der Waals surface area (Å²) in [6.07, 6.45) is 0. The van der Waals surface area contributed by atoms with E-state index in [1.165, 1.54) is 13.0 Å². The van der Waals surface area contributed by atoms with E-state index in [1.54, 1.807) is 18.9 Å². The van der Waals surface area contributed by atoms with Crippen LogP contribution in [0.5, 0.6) is 11.5 Å². The fourth-order valence-electron chi connectivity index (χ4n) is 7.12. The zero-order valence-electron chi connectivity index (χ0n) is 21.3. The van der Waals surface area contributed by atoms with Crippen molar-refractivity contribution in [1.29, 1.82) is 0 Å². The number of aryl methyl sites for hydroxylation is 1. The van der Waals surface area contributed by atoms with E-state index in [0.717, 1.165) is 27.7 Å². The van der Waals surface area contributed by atoms with Crippen molar-refractivity contribution in [2.45, 2.75) is 24.4 Å². The first-order valence-corrected chi connectivity index (χ1v) is 14.0. The maximum atomic E-state index is 14.7. The molecule has 1 aliphatic carbocycles. The quantitative estimate of drug-likeness (QED) is 0.367. The first-order chi connectivity index (χ1) is 18.9. The van der Waals surface area contributed by atoms with Crippen LogP contribution in [0.3, 0.4) is 0 Å². The molecule has 0 bridgehead atoms. The second-order valence-corrected chi connectivity index (χ2v) is 11.4. The maximum Gasteiger partial charge on any atom is 0.350 e. The molecule has 39 heavy (non-hydrogen) atoms. The van der Waals surface area contributed by atoms with Crippen molar-refractivity contribution in [2.24, 2.45) is 5.92 Å². The van der Waals surface area contributed by atoms with Gasteiger partial charge in [-0.05, 0) is 41.0 Å². The number of hydrogen-bond acceptors (Lipinski definition) is 8. The molecule has 3 aliphatic rings. The number of carbonyl (C=O) groups excluding carboxylic acids is 2. The molecule has 1 unspecified atom stereocenters. The molecule has 3 heterocycles. The summed E-state index contributed by atoms with van der Waals surface area (Å²) in [5, 5.41) is 12.6. The minimum atomic E-state index is -1.33. The van der Waals surface area contributed by atoms with Crippen LogP contribution in [-0.4, -0.2) is 46.4 Å². The van der Waals surface area contributed by atoms with E-state index in [9.17, 15) is 19.5 Å². The molecule has 0 saturated carbocycles. The number of ketones is 2. The van der Waals surface area contributed by atoms with Gasteiger partial charge in [-0.3, -0.25) is 14.5 Å². The van der Waals surface area contributed by atoms with E-state index in [2.05, 4.69) is 4.90 Å². The topological polar surface area (TPSA) is 97.1 Å². The lowest BCUT2D eigenvalue weighted by molar-refractivity contribution is 0.0537. The zero-order chi connectivity index (χ0) is 27.1. The van der Waals surface area contributed by atoms with Crippen LogP contribution >= 0.6 is 11.8 Å². The SMILES string of the molecule is COc1ccc([C@@H]2C3CSCN3[C@]3(C(=O)c4cccc5cccc3c45)[C@H]2C(=O)c2c(O)cc(C)oc2=O)cc1. The van der Waals surface area contributed by atoms with Crippen LogP contribution in [-0.2, 0) is 5.54 Å². The standard InChI is InChI=1S/C31H25NO6S/c1-16-13-23(33)26(30(36)38-16)28(34)27-25(18-9-11-19(37-2)12-10-18)22-14-39-15-32(22)31(27)21-8-4-6-17-5-3-7-20(24(17)21)29(31)35/h3-13,22,25,27,33H,14-15H2,1-2H3/t22?,25-,27-,31+/m1/s1. The number of thioether (sulfide) groups is 1. The molecule has 2 saturated heterocycles. The Bertz CT molecular complexity index is 1740. The molecule has 4 aromatic rings. The second-order valence-electron chi connectivity index (χ2n) is 10.4. The molecule has 8 heteroatoms. The highest BCUT2D eigenvalue weighted by Crippen LogP contribution is 2.62. The van der Waals surface area contributed by atoms with Gasteiger partial charge < -0.3 is 14.3 Å². The van der Waals surface area contributed by atoms with Crippen molar-refractivity contribution >= 4 is 34.1 Å². The van der Waals surface area contributed by atoms with Gasteiger partial charge in [0.2, 0.25) is 0 Å². The molecule has 1 N–H and O–H groups in total. The number of hydrogen-bond donors (Lipinski definition) is 1. The molecule has 3 aromatic carbocycles. The Balaban J connectivity index is 1.54. The molecule has 2 fully saturated rings. The summed E-state index contributed by atoms with van der Waals surface area (Å²) < 4.78 is 10.7. The normalized spacial score (nSPS) is 25.5. The number of methoxy groups -OCH3 is 1. The largest absolute Gasteiger partial charge is 0.507 e. The molecule has 1 spiro atoms. The monoisotopic (exact) mass is 539 g/mol. The van der Waals surface area contributed by atoms with Crippen molar-refractivity contribution in [3.05, 3.63) is 105 Å². The van der Waals surface area contributed by atoms with Gasteiger partial charge in [0.05, 0.1) is 13.0 Å². The van der Waals surface area contributed by atoms with E-state index >= 15 is 0 Å². The molecule has 7 rings (SSSR count).